The quantitative estimate of drug-likeness (QED) is 0.797. The van der Waals surface area contributed by atoms with E-state index in [4.69, 9.17) is 9.47 Å². The van der Waals surface area contributed by atoms with E-state index in [0.717, 1.165) is 18.6 Å². The number of aryl methyl sites for hydroxylation is 2. The Hall–Kier alpha value is -1.55. The topological polar surface area (TPSA) is 47.6 Å². The zero-order valence-corrected chi connectivity index (χ0v) is 11.7. The van der Waals surface area contributed by atoms with Gasteiger partial charge in [0, 0.05) is 6.04 Å². The fourth-order valence-electron chi connectivity index (χ4n) is 1.84. The number of carbonyl (C=O) groups excluding carboxylic acids is 1. The highest BCUT2D eigenvalue weighted by molar-refractivity contribution is 5.76. The summed E-state index contributed by atoms with van der Waals surface area (Å²) in [6, 6.07) is 5.98. The molecule has 4 heteroatoms. The molecule has 4 nitrogen and oxygen atoms in total. The molecule has 1 N–H and O–H groups in total. The van der Waals surface area contributed by atoms with Crippen molar-refractivity contribution in [3.05, 3.63) is 29.3 Å². The summed E-state index contributed by atoms with van der Waals surface area (Å²) < 4.78 is 10.5. The molecule has 1 saturated carbocycles. The number of benzene rings is 1. The summed E-state index contributed by atoms with van der Waals surface area (Å²) in [5.74, 6) is 0.519. The van der Waals surface area contributed by atoms with Crippen LogP contribution >= 0.6 is 0 Å². The van der Waals surface area contributed by atoms with Crippen molar-refractivity contribution in [3.63, 3.8) is 0 Å². The fraction of sp³-hybridized carbons (Fsp3) is 0.533. The van der Waals surface area contributed by atoms with Gasteiger partial charge in [0.1, 0.15) is 18.4 Å². The van der Waals surface area contributed by atoms with Gasteiger partial charge in [0.15, 0.2) is 0 Å². The molecule has 1 aliphatic carbocycles. The second kappa shape index (κ2) is 6.06. The molecule has 0 spiro atoms. The third kappa shape index (κ3) is 3.96. The predicted molar refractivity (Wildman–Crippen MR) is 73.4 cm³/mol. The largest absolute Gasteiger partial charge is 0.491 e. The Bertz CT molecular complexity index is 455. The molecule has 0 bridgehead atoms. The summed E-state index contributed by atoms with van der Waals surface area (Å²) in [4.78, 5) is 11.7. The van der Waals surface area contributed by atoms with Gasteiger partial charge in [0.05, 0.1) is 7.11 Å². The lowest BCUT2D eigenvalue weighted by Gasteiger charge is -2.17. The van der Waals surface area contributed by atoms with E-state index in [-0.39, 0.29) is 12.0 Å². The summed E-state index contributed by atoms with van der Waals surface area (Å²) >= 11 is 0. The molecule has 1 atom stereocenters. The molecule has 1 aliphatic rings. The monoisotopic (exact) mass is 263 g/mol. The predicted octanol–water partition coefficient (Wildman–Crippen LogP) is 1.98. The summed E-state index contributed by atoms with van der Waals surface area (Å²) in [6.07, 6.45) is 2.24. The second-order valence-electron chi connectivity index (χ2n) is 5.07. The van der Waals surface area contributed by atoms with Crippen LogP contribution in [0.15, 0.2) is 18.2 Å². The maximum Gasteiger partial charge on any atom is 0.326 e. The van der Waals surface area contributed by atoms with Crippen LogP contribution in [0.2, 0.25) is 0 Å². The van der Waals surface area contributed by atoms with Crippen LogP contribution in [0.25, 0.3) is 0 Å². The van der Waals surface area contributed by atoms with Gasteiger partial charge in [0.2, 0.25) is 0 Å². The van der Waals surface area contributed by atoms with Crippen molar-refractivity contribution < 1.29 is 14.3 Å². The first-order chi connectivity index (χ1) is 9.10. The van der Waals surface area contributed by atoms with Gasteiger partial charge >= 0.3 is 5.97 Å². The normalized spacial score (nSPS) is 15.9. The average Bonchev–Trinajstić information content (AvgIpc) is 3.21. The molecule has 19 heavy (non-hydrogen) atoms. The molecule has 1 aromatic rings. The van der Waals surface area contributed by atoms with E-state index in [1.165, 1.54) is 18.2 Å². The molecule has 0 radical (unpaired) electrons. The minimum atomic E-state index is -0.390. The lowest BCUT2D eigenvalue weighted by Crippen LogP contribution is -2.43. The second-order valence-corrected chi connectivity index (χ2v) is 5.07. The molecule has 0 amide bonds. The Morgan fingerprint density at radius 1 is 1.37 bits per heavy atom. The highest BCUT2D eigenvalue weighted by atomic mass is 16.5. The zero-order chi connectivity index (χ0) is 13.8. The van der Waals surface area contributed by atoms with Gasteiger partial charge in [-0.1, -0.05) is 6.07 Å². The van der Waals surface area contributed by atoms with E-state index < -0.39 is 0 Å². The molecule has 1 aromatic carbocycles. The Morgan fingerprint density at radius 3 is 2.68 bits per heavy atom. The SMILES string of the molecule is COC(=O)C(COc1ccc(C)c(C)c1)NC1CC1. The molecule has 0 aliphatic heterocycles. The first kappa shape index (κ1) is 13.9. The smallest absolute Gasteiger partial charge is 0.326 e. The number of nitrogens with one attached hydrogen (secondary N) is 1. The summed E-state index contributed by atoms with van der Waals surface area (Å²) in [7, 11) is 1.40. The number of esters is 1. The summed E-state index contributed by atoms with van der Waals surface area (Å²) in [5.41, 5.74) is 2.41. The van der Waals surface area contributed by atoms with Crippen molar-refractivity contribution in [3.8, 4) is 5.75 Å². The van der Waals surface area contributed by atoms with Crippen LogP contribution in [0.3, 0.4) is 0 Å². The van der Waals surface area contributed by atoms with Crippen molar-refractivity contribution in [2.75, 3.05) is 13.7 Å². The van der Waals surface area contributed by atoms with Crippen LogP contribution in [0.4, 0.5) is 0 Å². The Kier molecular flexibility index (Phi) is 4.43. The molecule has 0 heterocycles. The number of rotatable bonds is 6. The zero-order valence-electron chi connectivity index (χ0n) is 11.7. The van der Waals surface area contributed by atoms with E-state index in [2.05, 4.69) is 12.2 Å². The summed E-state index contributed by atoms with van der Waals surface area (Å²) in [6.45, 7) is 4.40. The van der Waals surface area contributed by atoms with Crippen LogP contribution < -0.4 is 10.1 Å². The third-order valence-electron chi connectivity index (χ3n) is 3.39. The minimum absolute atomic E-state index is 0.268. The van der Waals surface area contributed by atoms with Gasteiger partial charge < -0.3 is 9.47 Å². The highest BCUT2D eigenvalue weighted by Gasteiger charge is 2.29. The van der Waals surface area contributed by atoms with E-state index in [1.54, 1.807) is 0 Å². The maximum atomic E-state index is 11.7. The van der Waals surface area contributed by atoms with Crippen LogP contribution in [0.5, 0.6) is 5.75 Å². The van der Waals surface area contributed by atoms with Gasteiger partial charge in [-0.05, 0) is 49.9 Å². The van der Waals surface area contributed by atoms with E-state index in [0.29, 0.717) is 12.6 Å². The number of methoxy groups -OCH3 is 1. The lowest BCUT2D eigenvalue weighted by molar-refractivity contribution is -0.144. The van der Waals surface area contributed by atoms with Gasteiger partial charge in [0.25, 0.3) is 0 Å². The Labute approximate surface area is 114 Å². The molecular formula is C15H21NO3. The molecule has 2 rings (SSSR count). The molecule has 104 valence electrons. The molecule has 0 aromatic heterocycles. The Morgan fingerprint density at radius 2 is 2.11 bits per heavy atom. The number of ether oxygens (including phenoxy) is 2. The highest BCUT2D eigenvalue weighted by Crippen LogP contribution is 2.20. The van der Waals surface area contributed by atoms with Crippen LogP contribution in [-0.4, -0.2) is 31.8 Å². The molecule has 1 unspecified atom stereocenters. The number of hydrogen-bond donors (Lipinski definition) is 1. The molecule has 1 fully saturated rings. The van der Waals surface area contributed by atoms with E-state index in [9.17, 15) is 4.79 Å². The van der Waals surface area contributed by atoms with Gasteiger partial charge in [-0.3, -0.25) is 10.1 Å². The van der Waals surface area contributed by atoms with Gasteiger partial charge in [-0.2, -0.15) is 0 Å². The molecule has 0 saturated heterocycles. The number of hydrogen-bond acceptors (Lipinski definition) is 4. The van der Waals surface area contributed by atoms with Crippen molar-refractivity contribution in [1.82, 2.24) is 5.32 Å². The minimum Gasteiger partial charge on any atom is -0.491 e. The Balaban J connectivity index is 1.93. The standard InChI is InChI=1S/C15H21NO3/c1-10-4-7-13(8-11(10)2)19-9-14(15(17)18-3)16-12-5-6-12/h4,7-8,12,14,16H,5-6,9H2,1-3H3. The van der Waals surface area contributed by atoms with E-state index in [1.807, 2.05) is 25.1 Å². The average molecular weight is 263 g/mol. The van der Waals surface area contributed by atoms with Crippen molar-refractivity contribution >= 4 is 5.97 Å². The summed E-state index contributed by atoms with van der Waals surface area (Å²) in [5, 5.41) is 3.24. The van der Waals surface area contributed by atoms with Crippen LogP contribution in [0.1, 0.15) is 24.0 Å². The van der Waals surface area contributed by atoms with Crippen LogP contribution in [-0.2, 0) is 9.53 Å². The maximum absolute atomic E-state index is 11.7. The van der Waals surface area contributed by atoms with E-state index >= 15 is 0 Å². The van der Waals surface area contributed by atoms with Crippen LogP contribution in [0, 0.1) is 13.8 Å². The number of carbonyl (C=O) groups is 1. The molecular weight excluding hydrogens is 242 g/mol. The van der Waals surface area contributed by atoms with Crippen molar-refractivity contribution in [2.45, 2.75) is 38.8 Å². The fourth-order valence-corrected chi connectivity index (χ4v) is 1.84. The van der Waals surface area contributed by atoms with Gasteiger partial charge in [-0.15, -0.1) is 0 Å². The first-order valence-electron chi connectivity index (χ1n) is 6.64. The first-order valence-corrected chi connectivity index (χ1v) is 6.64. The van der Waals surface area contributed by atoms with Crippen molar-refractivity contribution in [1.29, 1.82) is 0 Å². The van der Waals surface area contributed by atoms with Gasteiger partial charge in [-0.25, -0.2) is 0 Å². The lowest BCUT2D eigenvalue weighted by atomic mass is 10.1. The van der Waals surface area contributed by atoms with Crippen molar-refractivity contribution in [2.24, 2.45) is 0 Å². The third-order valence-corrected chi connectivity index (χ3v) is 3.39.